The molecule has 0 radical (unpaired) electrons. The van der Waals surface area contributed by atoms with Crippen LogP contribution in [0.1, 0.15) is 10.5 Å². The van der Waals surface area contributed by atoms with Gasteiger partial charge in [0.2, 0.25) is 0 Å². The van der Waals surface area contributed by atoms with E-state index in [0.717, 1.165) is 10.0 Å². The Morgan fingerprint density at radius 3 is 2.85 bits per heavy atom. The number of benzene rings is 1. The number of carboxylic acid groups (broad SMARTS) is 1. The highest BCUT2D eigenvalue weighted by Crippen LogP contribution is 2.23. The third-order valence-corrected chi connectivity index (χ3v) is 3.37. The van der Waals surface area contributed by atoms with Crippen LogP contribution in [0.3, 0.4) is 0 Å². The molecule has 0 amide bonds. The molecule has 2 heterocycles. The molecule has 0 aliphatic carbocycles. The quantitative estimate of drug-likeness (QED) is 0.779. The topological polar surface area (TPSA) is 80.9 Å². The van der Waals surface area contributed by atoms with Crippen molar-refractivity contribution < 1.29 is 9.90 Å². The molecule has 20 heavy (non-hydrogen) atoms. The molecule has 3 aromatic rings. The number of nitrogens with zero attached hydrogens (tertiary/aromatic N) is 4. The summed E-state index contributed by atoms with van der Waals surface area (Å²) in [6, 6.07) is 7.39. The first-order valence-corrected chi connectivity index (χ1v) is 6.54. The molecule has 1 aromatic carbocycles. The summed E-state index contributed by atoms with van der Waals surface area (Å²) in [6.45, 7) is 0. The minimum atomic E-state index is -1.10. The number of carboxylic acids is 1. The van der Waals surface area contributed by atoms with Gasteiger partial charge in [-0.3, -0.25) is 4.68 Å². The molecule has 100 valence electrons. The van der Waals surface area contributed by atoms with E-state index < -0.39 is 5.97 Å². The third-order valence-electron chi connectivity index (χ3n) is 2.88. The number of fused-ring (bicyclic) bond motifs is 1. The summed E-state index contributed by atoms with van der Waals surface area (Å²) < 4.78 is 2.41. The molecule has 7 heteroatoms. The average Bonchev–Trinajstić information content (AvgIpc) is 2.79. The summed E-state index contributed by atoms with van der Waals surface area (Å²) in [5, 5.41) is 13.7. The lowest BCUT2D eigenvalue weighted by molar-refractivity contribution is 0.0693. The predicted octanol–water partition coefficient (Wildman–Crippen LogP) is 2.49. The summed E-state index contributed by atoms with van der Waals surface area (Å²) >= 11 is 3.37. The van der Waals surface area contributed by atoms with Gasteiger partial charge in [-0.15, -0.1) is 0 Å². The molecule has 1 N–H and O–H groups in total. The number of hydrogen-bond donors (Lipinski definition) is 1. The SMILES string of the molecule is Cn1ncc2c(C(=O)O)nc(-c3cccc(Br)c3)nc21. The maximum absolute atomic E-state index is 11.3. The highest BCUT2D eigenvalue weighted by atomic mass is 79.9. The third kappa shape index (κ3) is 2.05. The van der Waals surface area contributed by atoms with Gasteiger partial charge in [-0.05, 0) is 12.1 Å². The zero-order valence-corrected chi connectivity index (χ0v) is 12.0. The zero-order chi connectivity index (χ0) is 14.3. The predicted molar refractivity (Wildman–Crippen MR) is 76.4 cm³/mol. The second kappa shape index (κ2) is 4.68. The van der Waals surface area contributed by atoms with Crippen LogP contribution in [0.25, 0.3) is 22.4 Å². The van der Waals surface area contributed by atoms with Crippen LogP contribution in [0, 0.1) is 0 Å². The molecule has 6 nitrogen and oxygen atoms in total. The van der Waals surface area contributed by atoms with Crippen molar-refractivity contribution in [1.29, 1.82) is 0 Å². The maximum atomic E-state index is 11.3. The van der Waals surface area contributed by atoms with Crippen molar-refractivity contribution in [2.24, 2.45) is 7.05 Å². The Bertz CT molecular complexity index is 828. The van der Waals surface area contributed by atoms with Crippen LogP contribution in [-0.4, -0.2) is 30.8 Å². The Balaban J connectivity index is 2.31. The first-order valence-electron chi connectivity index (χ1n) is 5.75. The van der Waals surface area contributed by atoms with E-state index in [1.807, 2.05) is 24.3 Å². The first-order chi connectivity index (χ1) is 9.56. The summed E-state index contributed by atoms with van der Waals surface area (Å²) in [7, 11) is 1.71. The Kier molecular flexibility index (Phi) is 2.98. The fraction of sp³-hybridized carbons (Fsp3) is 0.0769. The van der Waals surface area contributed by atoms with Gasteiger partial charge in [0.1, 0.15) is 0 Å². The average molecular weight is 333 g/mol. The number of aromatic nitrogens is 4. The zero-order valence-electron chi connectivity index (χ0n) is 10.4. The molecule has 0 aliphatic rings. The minimum absolute atomic E-state index is 0.0434. The molecule has 0 aliphatic heterocycles. The largest absolute Gasteiger partial charge is 0.476 e. The van der Waals surface area contributed by atoms with Crippen molar-refractivity contribution >= 4 is 32.9 Å². The molecule has 0 unspecified atom stereocenters. The second-order valence-electron chi connectivity index (χ2n) is 4.22. The second-order valence-corrected chi connectivity index (χ2v) is 5.13. The van der Waals surface area contributed by atoms with Gasteiger partial charge in [0.25, 0.3) is 0 Å². The van der Waals surface area contributed by atoms with Gasteiger partial charge in [0.15, 0.2) is 17.2 Å². The monoisotopic (exact) mass is 332 g/mol. The lowest BCUT2D eigenvalue weighted by Gasteiger charge is -2.04. The van der Waals surface area contributed by atoms with Crippen molar-refractivity contribution in [2.45, 2.75) is 0 Å². The molecule has 0 atom stereocenters. The molecular formula is C13H9BrN4O2. The Morgan fingerprint density at radius 1 is 1.35 bits per heavy atom. The molecule has 3 rings (SSSR count). The van der Waals surface area contributed by atoms with Gasteiger partial charge in [0.05, 0.1) is 11.6 Å². The van der Waals surface area contributed by atoms with Crippen molar-refractivity contribution in [3.05, 3.63) is 40.6 Å². The molecule has 0 saturated carbocycles. The Morgan fingerprint density at radius 2 is 2.15 bits per heavy atom. The van der Waals surface area contributed by atoms with Crippen molar-refractivity contribution in [3.63, 3.8) is 0 Å². The normalized spacial score (nSPS) is 10.9. The molecular weight excluding hydrogens is 324 g/mol. The van der Waals surface area contributed by atoms with Crippen LogP contribution >= 0.6 is 15.9 Å². The molecule has 2 aromatic heterocycles. The van der Waals surface area contributed by atoms with Crippen LogP contribution in [0.2, 0.25) is 0 Å². The van der Waals surface area contributed by atoms with E-state index in [2.05, 4.69) is 31.0 Å². The number of hydrogen-bond acceptors (Lipinski definition) is 4. The lowest BCUT2D eigenvalue weighted by atomic mass is 10.2. The van der Waals surface area contributed by atoms with Crippen LogP contribution < -0.4 is 0 Å². The smallest absolute Gasteiger partial charge is 0.355 e. The summed E-state index contributed by atoms with van der Waals surface area (Å²) in [6.07, 6.45) is 1.46. The molecule has 0 fully saturated rings. The number of aryl methyl sites for hydroxylation is 1. The fourth-order valence-electron chi connectivity index (χ4n) is 1.94. The van der Waals surface area contributed by atoms with E-state index in [-0.39, 0.29) is 5.69 Å². The van der Waals surface area contributed by atoms with E-state index in [1.165, 1.54) is 10.9 Å². The van der Waals surface area contributed by atoms with Gasteiger partial charge < -0.3 is 5.11 Å². The Labute approximate surface area is 122 Å². The van der Waals surface area contributed by atoms with Gasteiger partial charge in [-0.2, -0.15) is 5.10 Å². The molecule has 0 spiro atoms. The van der Waals surface area contributed by atoms with Crippen molar-refractivity contribution in [2.75, 3.05) is 0 Å². The summed E-state index contributed by atoms with van der Waals surface area (Å²) in [5.74, 6) is -0.735. The first kappa shape index (κ1) is 12.7. The molecule has 0 saturated heterocycles. The van der Waals surface area contributed by atoms with Crippen LogP contribution in [-0.2, 0) is 7.05 Å². The van der Waals surface area contributed by atoms with Crippen LogP contribution in [0.15, 0.2) is 34.9 Å². The van der Waals surface area contributed by atoms with E-state index in [1.54, 1.807) is 7.05 Å². The van der Waals surface area contributed by atoms with Crippen LogP contribution in [0.4, 0.5) is 0 Å². The van der Waals surface area contributed by atoms with E-state index >= 15 is 0 Å². The van der Waals surface area contributed by atoms with Gasteiger partial charge in [-0.1, -0.05) is 28.1 Å². The maximum Gasteiger partial charge on any atom is 0.355 e. The fourth-order valence-corrected chi connectivity index (χ4v) is 2.34. The highest BCUT2D eigenvalue weighted by Gasteiger charge is 2.17. The lowest BCUT2D eigenvalue weighted by Crippen LogP contribution is -2.05. The highest BCUT2D eigenvalue weighted by molar-refractivity contribution is 9.10. The number of rotatable bonds is 2. The van der Waals surface area contributed by atoms with Crippen molar-refractivity contribution in [1.82, 2.24) is 19.7 Å². The number of halogens is 1. The summed E-state index contributed by atoms with van der Waals surface area (Å²) in [4.78, 5) is 19.9. The van der Waals surface area contributed by atoms with E-state index in [9.17, 15) is 9.90 Å². The number of aromatic carboxylic acids is 1. The van der Waals surface area contributed by atoms with Crippen LogP contribution in [0.5, 0.6) is 0 Å². The standard InChI is InChI=1S/C13H9BrN4O2/c1-18-12-9(6-15-18)10(13(19)20)16-11(17-12)7-3-2-4-8(14)5-7/h2-6H,1H3,(H,19,20). The Hall–Kier alpha value is -2.28. The van der Waals surface area contributed by atoms with Crippen molar-refractivity contribution in [3.8, 4) is 11.4 Å². The van der Waals surface area contributed by atoms with E-state index in [4.69, 9.17) is 0 Å². The summed E-state index contributed by atoms with van der Waals surface area (Å²) in [5.41, 5.74) is 1.19. The minimum Gasteiger partial charge on any atom is -0.476 e. The van der Waals surface area contributed by atoms with Gasteiger partial charge >= 0.3 is 5.97 Å². The number of carbonyl (C=O) groups is 1. The van der Waals surface area contributed by atoms with E-state index in [0.29, 0.717) is 16.9 Å². The van der Waals surface area contributed by atoms with Gasteiger partial charge in [0, 0.05) is 17.1 Å². The molecule has 0 bridgehead atoms. The van der Waals surface area contributed by atoms with Gasteiger partial charge in [-0.25, -0.2) is 14.8 Å².